The van der Waals surface area contributed by atoms with E-state index in [0.29, 0.717) is 26.1 Å². The normalized spacial score (nSPS) is 11.9. The Labute approximate surface area is 204 Å². The molecule has 0 saturated carbocycles. The van der Waals surface area contributed by atoms with Crippen LogP contribution in [-0.2, 0) is 6.42 Å². The van der Waals surface area contributed by atoms with Crippen LogP contribution < -0.4 is 4.74 Å². The first kappa shape index (κ1) is 27.9. The molecule has 3 N–H and O–H groups in total. The van der Waals surface area contributed by atoms with E-state index in [1.807, 2.05) is 48.5 Å². The molecular formula is C27H42N3O4+. The summed E-state index contributed by atoms with van der Waals surface area (Å²) in [6, 6.07) is 15.4. The van der Waals surface area contributed by atoms with E-state index in [1.54, 1.807) is 0 Å². The highest BCUT2D eigenvalue weighted by Gasteiger charge is 2.19. The monoisotopic (exact) mass is 472 g/mol. The minimum atomic E-state index is 0.147. The quantitative estimate of drug-likeness (QED) is 0.165. The number of aliphatic hydroxyl groups excluding tert-OH is 3. The number of quaternary nitrogens is 1. The Bertz CT molecular complexity index is 804. The van der Waals surface area contributed by atoms with Crippen molar-refractivity contribution in [3.8, 4) is 5.75 Å². The summed E-state index contributed by atoms with van der Waals surface area (Å²) in [5.74, 6) is 0.845. The second-order valence-corrected chi connectivity index (χ2v) is 9.04. The molecule has 2 aromatic rings. The van der Waals surface area contributed by atoms with Gasteiger partial charge in [-0.25, -0.2) is 0 Å². The highest BCUT2D eigenvalue weighted by Crippen LogP contribution is 2.22. The number of aliphatic hydroxyl groups is 3. The summed E-state index contributed by atoms with van der Waals surface area (Å²) >= 11 is 0. The lowest BCUT2D eigenvalue weighted by molar-refractivity contribution is -0.910. The summed E-state index contributed by atoms with van der Waals surface area (Å²) in [6.07, 6.45) is 7.57. The smallest absolute Gasteiger partial charge is 0.119 e. The lowest BCUT2D eigenvalue weighted by Crippen LogP contribution is -2.48. The summed E-state index contributed by atoms with van der Waals surface area (Å²) in [5, 5.41) is 35.9. The maximum absolute atomic E-state index is 9.21. The maximum Gasteiger partial charge on any atom is 0.119 e. The molecule has 188 valence electrons. The number of unbranched alkanes of at least 4 members (excludes halogenated alkanes) is 5. The van der Waals surface area contributed by atoms with Crippen LogP contribution >= 0.6 is 0 Å². The number of azo groups is 1. The molecule has 0 aliphatic heterocycles. The van der Waals surface area contributed by atoms with Gasteiger partial charge in [-0.1, -0.05) is 31.4 Å². The van der Waals surface area contributed by atoms with Crippen LogP contribution in [0.15, 0.2) is 58.8 Å². The van der Waals surface area contributed by atoms with Crippen molar-refractivity contribution in [1.82, 2.24) is 0 Å². The second kappa shape index (κ2) is 16.3. The number of rotatable bonds is 18. The largest absolute Gasteiger partial charge is 0.494 e. The fraction of sp³-hybridized carbons (Fsp3) is 0.556. The predicted octanol–water partition coefficient (Wildman–Crippen LogP) is 4.79. The molecule has 0 radical (unpaired) electrons. The molecule has 0 amide bonds. The van der Waals surface area contributed by atoms with Crippen LogP contribution in [-0.4, -0.2) is 72.9 Å². The van der Waals surface area contributed by atoms with E-state index in [-0.39, 0.29) is 19.8 Å². The van der Waals surface area contributed by atoms with Crippen LogP contribution in [0.2, 0.25) is 0 Å². The topological polar surface area (TPSA) is 94.6 Å². The van der Waals surface area contributed by atoms with Crippen LogP contribution in [0.4, 0.5) is 11.4 Å². The third-order valence-electron chi connectivity index (χ3n) is 6.10. The van der Waals surface area contributed by atoms with Crippen molar-refractivity contribution in [1.29, 1.82) is 0 Å². The molecular weight excluding hydrogens is 430 g/mol. The Morgan fingerprint density at radius 2 is 1.18 bits per heavy atom. The number of hydrogen-bond acceptors (Lipinski definition) is 6. The standard InChI is InChI=1S/C27H42N3O4/c1-30(18-21-32,19-22-33)17-6-4-2-3-5-7-23-34-27-14-12-26(13-15-27)29-28-25-10-8-24(9-11-25)16-20-31/h8-15,31-33H,2-7,16-23H2,1H3/q+1. The van der Waals surface area contributed by atoms with Crippen molar-refractivity contribution in [3.63, 3.8) is 0 Å². The molecule has 0 heterocycles. The van der Waals surface area contributed by atoms with E-state index < -0.39 is 0 Å². The third kappa shape index (κ3) is 11.2. The number of ether oxygens (including phenoxy) is 1. The lowest BCUT2D eigenvalue weighted by atomic mass is 10.1. The molecule has 7 nitrogen and oxygen atoms in total. The molecule has 2 rings (SSSR count). The van der Waals surface area contributed by atoms with Crippen LogP contribution in [0.5, 0.6) is 5.75 Å². The highest BCUT2D eigenvalue weighted by molar-refractivity contribution is 5.43. The fourth-order valence-corrected chi connectivity index (χ4v) is 3.89. The first-order valence-corrected chi connectivity index (χ1v) is 12.5. The van der Waals surface area contributed by atoms with E-state index in [9.17, 15) is 10.2 Å². The van der Waals surface area contributed by atoms with Gasteiger partial charge in [0, 0.05) is 6.61 Å². The Balaban J connectivity index is 1.57. The van der Waals surface area contributed by atoms with E-state index in [2.05, 4.69) is 17.3 Å². The highest BCUT2D eigenvalue weighted by atomic mass is 16.5. The molecule has 0 bridgehead atoms. The summed E-state index contributed by atoms with van der Waals surface area (Å²) in [5.41, 5.74) is 2.64. The minimum absolute atomic E-state index is 0.147. The summed E-state index contributed by atoms with van der Waals surface area (Å²) < 4.78 is 6.59. The van der Waals surface area contributed by atoms with E-state index >= 15 is 0 Å². The van der Waals surface area contributed by atoms with Crippen molar-refractivity contribution in [2.45, 2.75) is 44.9 Å². The average molecular weight is 473 g/mol. The van der Waals surface area contributed by atoms with E-state index in [4.69, 9.17) is 9.84 Å². The van der Waals surface area contributed by atoms with Crippen molar-refractivity contribution in [2.75, 3.05) is 53.1 Å². The summed E-state index contributed by atoms with van der Waals surface area (Å²) in [4.78, 5) is 0. The molecule has 34 heavy (non-hydrogen) atoms. The molecule has 0 saturated heterocycles. The molecule has 0 unspecified atom stereocenters. The molecule has 0 aliphatic rings. The van der Waals surface area contributed by atoms with Crippen LogP contribution in [0.1, 0.15) is 44.1 Å². The fourth-order valence-electron chi connectivity index (χ4n) is 3.89. The predicted molar refractivity (Wildman–Crippen MR) is 136 cm³/mol. The van der Waals surface area contributed by atoms with Gasteiger partial charge in [-0.15, -0.1) is 0 Å². The lowest BCUT2D eigenvalue weighted by Gasteiger charge is -2.33. The zero-order valence-corrected chi connectivity index (χ0v) is 20.6. The number of likely N-dealkylation sites (N-methyl/N-ethyl adjacent to an activating group) is 1. The summed E-state index contributed by atoms with van der Waals surface area (Å²) in [7, 11) is 2.11. The van der Waals surface area contributed by atoms with Gasteiger partial charge in [0.2, 0.25) is 0 Å². The molecule has 2 aromatic carbocycles. The Morgan fingerprint density at radius 1 is 0.647 bits per heavy atom. The van der Waals surface area contributed by atoms with Gasteiger partial charge in [-0.3, -0.25) is 0 Å². The van der Waals surface area contributed by atoms with Crippen molar-refractivity contribution >= 4 is 11.4 Å². The van der Waals surface area contributed by atoms with Gasteiger partial charge in [-0.05, 0) is 67.6 Å². The Morgan fingerprint density at radius 3 is 1.74 bits per heavy atom. The van der Waals surface area contributed by atoms with Gasteiger partial charge in [0.05, 0.1) is 44.8 Å². The minimum Gasteiger partial charge on any atom is -0.494 e. The Kier molecular flexibility index (Phi) is 13.4. The van der Waals surface area contributed by atoms with E-state index in [0.717, 1.165) is 53.0 Å². The molecule has 0 aliphatic carbocycles. The number of nitrogens with zero attached hydrogens (tertiary/aromatic N) is 3. The van der Waals surface area contributed by atoms with Gasteiger partial charge in [0.15, 0.2) is 0 Å². The van der Waals surface area contributed by atoms with Crippen molar-refractivity contribution in [3.05, 3.63) is 54.1 Å². The molecule has 0 aromatic heterocycles. The molecule has 0 atom stereocenters. The number of benzene rings is 2. The zero-order valence-electron chi connectivity index (χ0n) is 20.6. The first-order valence-electron chi connectivity index (χ1n) is 12.5. The van der Waals surface area contributed by atoms with Gasteiger partial charge >= 0.3 is 0 Å². The SMILES string of the molecule is C[N+](CCO)(CCO)CCCCCCCCOc1ccc(N=Nc2ccc(CCO)cc2)cc1. The Hall–Kier alpha value is -2.32. The van der Waals surface area contributed by atoms with Crippen molar-refractivity contribution < 1.29 is 24.5 Å². The van der Waals surface area contributed by atoms with Gasteiger partial charge < -0.3 is 24.5 Å². The number of hydrogen-bond donors (Lipinski definition) is 3. The average Bonchev–Trinajstić information content (AvgIpc) is 2.84. The van der Waals surface area contributed by atoms with Crippen LogP contribution in [0, 0.1) is 0 Å². The van der Waals surface area contributed by atoms with Gasteiger partial charge in [0.1, 0.15) is 18.8 Å². The molecule has 7 heteroatoms. The first-order chi connectivity index (χ1) is 16.6. The summed E-state index contributed by atoms with van der Waals surface area (Å²) in [6.45, 7) is 3.63. The molecule has 0 fully saturated rings. The zero-order chi connectivity index (χ0) is 24.5. The third-order valence-corrected chi connectivity index (χ3v) is 6.10. The molecule has 0 spiro atoms. The van der Waals surface area contributed by atoms with Crippen molar-refractivity contribution in [2.24, 2.45) is 10.2 Å². The van der Waals surface area contributed by atoms with Crippen LogP contribution in [0.25, 0.3) is 0 Å². The maximum atomic E-state index is 9.21. The van der Waals surface area contributed by atoms with Gasteiger partial charge in [-0.2, -0.15) is 10.2 Å². The van der Waals surface area contributed by atoms with E-state index in [1.165, 1.54) is 19.3 Å². The van der Waals surface area contributed by atoms with Gasteiger partial charge in [0.25, 0.3) is 0 Å². The van der Waals surface area contributed by atoms with Crippen LogP contribution in [0.3, 0.4) is 0 Å². The second-order valence-electron chi connectivity index (χ2n) is 9.04.